The molecule has 1 atom stereocenters. The third kappa shape index (κ3) is 2.10. The van der Waals surface area contributed by atoms with Crippen LogP contribution < -0.4 is 5.32 Å². The summed E-state index contributed by atoms with van der Waals surface area (Å²) in [5, 5.41) is 2.91. The molecule has 1 aliphatic heterocycles. The Balaban J connectivity index is 2.48. The first-order valence-electron chi connectivity index (χ1n) is 4.69. The highest BCUT2D eigenvalue weighted by molar-refractivity contribution is 7.73. The van der Waals surface area contributed by atoms with Crippen LogP contribution in [0.2, 0.25) is 0 Å². The van der Waals surface area contributed by atoms with Crippen LogP contribution in [0.5, 0.6) is 0 Å². The van der Waals surface area contributed by atoms with Crippen LogP contribution in [0.4, 0.5) is 0 Å². The van der Waals surface area contributed by atoms with E-state index in [1.54, 1.807) is 6.20 Å². The quantitative estimate of drug-likeness (QED) is 0.718. The molecular formula is C11H11NO2S. The molecule has 0 spiro atoms. The van der Waals surface area contributed by atoms with E-state index in [0.29, 0.717) is 11.4 Å². The van der Waals surface area contributed by atoms with Crippen molar-refractivity contribution in [3.8, 4) is 0 Å². The minimum absolute atomic E-state index is 0.120. The first-order chi connectivity index (χ1) is 7.29. The van der Waals surface area contributed by atoms with Crippen LogP contribution in [0.1, 0.15) is 11.5 Å². The summed E-state index contributed by atoms with van der Waals surface area (Å²) in [6.45, 7) is 0.395. The first-order valence-corrected chi connectivity index (χ1v) is 5.76. The summed E-state index contributed by atoms with van der Waals surface area (Å²) in [5.74, 6) is -0.120. The van der Waals surface area contributed by atoms with Crippen LogP contribution in [0.25, 0.3) is 0 Å². The molecular weight excluding hydrogens is 210 g/mol. The van der Waals surface area contributed by atoms with Gasteiger partial charge in [-0.2, -0.15) is 8.42 Å². The van der Waals surface area contributed by atoms with Gasteiger partial charge in [-0.15, -0.1) is 0 Å². The number of hydrogen-bond acceptors (Lipinski definition) is 3. The van der Waals surface area contributed by atoms with Crippen molar-refractivity contribution in [2.75, 3.05) is 6.54 Å². The van der Waals surface area contributed by atoms with E-state index in [9.17, 15) is 8.42 Å². The van der Waals surface area contributed by atoms with E-state index in [0.717, 1.165) is 5.56 Å². The number of allylic oxidation sites excluding steroid dienone is 1. The van der Waals surface area contributed by atoms with E-state index in [4.69, 9.17) is 0 Å². The minimum Gasteiger partial charge on any atom is -0.386 e. The summed E-state index contributed by atoms with van der Waals surface area (Å²) in [4.78, 5) is 0.490. The predicted molar refractivity (Wildman–Crippen MR) is 60.3 cm³/mol. The lowest BCUT2D eigenvalue weighted by Crippen LogP contribution is -2.28. The Hall–Kier alpha value is -1.55. The standard InChI is InChI=1S/C11H11NO2S/c13-15(14)11-8-12-7-6-10(11)9-4-2-1-3-5-9/h1-7,10,12H,8H2. The summed E-state index contributed by atoms with van der Waals surface area (Å²) in [6, 6.07) is 9.62. The zero-order valence-electron chi connectivity index (χ0n) is 8.05. The highest BCUT2D eigenvalue weighted by Crippen LogP contribution is 2.20. The molecule has 1 N–H and O–H groups in total. The zero-order chi connectivity index (χ0) is 10.7. The van der Waals surface area contributed by atoms with Crippen molar-refractivity contribution in [3.05, 3.63) is 48.2 Å². The fourth-order valence-electron chi connectivity index (χ4n) is 1.66. The molecule has 1 unspecified atom stereocenters. The highest BCUT2D eigenvalue weighted by Gasteiger charge is 2.18. The molecule has 0 amide bonds. The van der Waals surface area contributed by atoms with Crippen LogP contribution in [0, 0.1) is 0 Å². The monoisotopic (exact) mass is 221 g/mol. The molecule has 0 radical (unpaired) electrons. The van der Waals surface area contributed by atoms with E-state index in [1.165, 1.54) is 0 Å². The fraction of sp³-hybridized carbons (Fsp3) is 0.182. The van der Waals surface area contributed by atoms with Crippen LogP contribution >= 0.6 is 0 Å². The molecule has 1 aromatic carbocycles. The van der Waals surface area contributed by atoms with Gasteiger partial charge in [-0.25, -0.2) is 0 Å². The number of benzene rings is 1. The normalized spacial score (nSPS) is 19.7. The molecule has 15 heavy (non-hydrogen) atoms. The van der Waals surface area contributed by atoms with Gasteiger partial charge in [0.2, 0.25) is 10.3 Å². The molecule has 0 aromatic heterocycles. The highest BCUT2D eigenvalue weighted by atomic mass is 32.2. The molecule has 1 aromatic rings. The second kappa shape index (κ2) is 4.31. The van der Waals surface area contributed by atoms with Crippen molar-refractivity contribution in [2.24, 2.45) is 0 Å². The van der Waals surface area contributed by atoms with Crippen LogP contribution in [0.15, 0.2) is 42.6 Å². The van der Waals surface area contributed by atoms with Gasteiger partial charge in [0, 0.05) is 5.92 Å². The largest absolute Gasteiger partial charge is 0.386 e. The maximum atomic E-state index is 11.0. The number of nitrogens with one attached hydrogen (secondary N) is 1. The van der Waals surface area contributed by atoms with Crippen molar-refractivity contribution < 1.29 is 8.42 Å². The van der Waals surface area contributed by atoms with Gasteiger partial charge >= 0.3 is 0 Å². The summed E-state index contributed by atoms with van der Waals surface area (Å²) < 4.78 is 22.1. The van der Waals surface area contributed by atoms with E-state index < -0.39 is 10.3 Å². The van der Waals surface area contributed by atoms with Crippen molar-refractivity contribution in [3.63, 3.8) is 0 Å². The second-order valence-electron chi connectivity index (χ2n) is 3.33. The molecule has 0 bridgehead atoms. The van der Waals surface area contributed by atoms with Gasteiger partial charge in [-0.05, 0) is 11.8 Å². The molecule has 0 saturated heterocycles. The van der Waals surface area contributed by atoms with Crippen molar-refractivity contribution in [1.29, 1.82) is 0 Å². The van der Waals surface area contributed by atoms with Crippen molar-refractivity contribution in [1.82, 2.24) is 5.32 Å². The third-order valence-electron chi connectivity index (χ3n) is 2.40. The molecule has 0 fully saturated rings. The van der Waals surface area contributed by atoms with Crippen molar-refractivity contribution >= 4 is 15.2 Å². The maximum absolute atomic E-state index is 11.0. The molecule has 2 rings (SSSR count). The number of rotatable bonds is 1. The fourth-order valence-corrected chi connectivity index (χ4v) is 2.28. The Morgan fingerprint density at radius 3 is 2.60 bits per heavy atom. The van der Waals surface area contributed by atoms with Crippen molar-refractivity contribution in [2.45, 2.75) is 5.92 Å². The van der Waals surface area contributed by atoms with Gasteiger partial charge in [-0.1, -0.05) is 36.4 Å². The molecule has 4 heteroatoms. The summed E-state index contributed by atoms with van der Waals surface area (Å²) >= 11 is 0. The topological polar surface area (TPSA) is 46.2 Å². The lowest BCUT2D eigenvalue weighted by atomic mass is 9.94. The van der Waals surface area contributed by atoms with Gasteiger partial charge in [0.1, 0.15) is 0 Å². The Morgan fingerprint density at radius 2 is 1.93 bits per heavy atom. The van der Waals surface area contributed by atoms with E-state index in [1.807, 2.05) is 36.4 Å². The summed E-state index contributed by atoms with van der Waals surface area (Å²) in [6.07, 6.45) is 3.66. The maximum Gasteiger partial charge on any atom is 0.215 e. The Kier molecular flexibility index (Phi) is 2.87. The smallest absolute Gasteiger partial charge is 0.215 e. The Labute approximate surface area is 90.0 Å². The molecule has 78 valence electrons. The first kappa shape index (κ1) is 9.98. The second-order valence-corrected chi connectivity index (χ2v) is 4.32. The van der Waals surface area contributed by atoms with E-state index >= 15 is 0 Å². The van der Waals surface area contributed by atoms with Gasteiger partial charge in [0.25, 0.3) is 0 Å². The third-order valence-corrected chi connectivity index (χ3v) is 3.23. The number of hydrogen-bond donors (Lipinski definition) is 1. The molecule has 1 aliphatic rings. The lowest BCUT2D eigenvalue weighted by molar-refractivity contribution is 0.626. The van der Waals surface area contributed by atoms with E-state index in [-0.39, 0.29) is 5.92 Å². The molecule has 0 aliphatic carbocycles. The zero-order valence-corrected chi connectivity index (χ0v) is 8.87. The summed E-state index contributed by atoms with van der Waals surface area (Å²) in [5.41, 5.74) is 1.01. The van der Waals surface area contributed by atoms with Gasteiger partial charge in [0.15, 0.2) is 0 Å². The average molecular weight is 221 g/mol. The van der Waals surface area contributed by atoms with Gasteiger partial charge in [-0.3, -0.25) is 0 Å². The van der Waals surface area contributed by atoms with Gasteiger partial charge < -0.3 is 5.32 Å². The lowest BCUT2D eigenvalue weighted by Gasteiger charge is -2.18. The molecule has 1 heterocycles. The Morgan fingerprint density at radius 1 is 1.20 bits per heavy atom. The average Bonchev–Trinajstić information content (AvgIpc) is 2.30. The van der Waals surface area contributed by atoms with Crippen LogP contribution in [-0.4, -0.2) is 19.8 Å². The minimum atomic E-state index is -2.13. The summed E-state index contributed by atoms with van der Waals surface area (Å²) in [7, 11) is -2.13. The SMILES string of the molecule is O=S(=O)=C1CNC=CC1c1ccccc1. The Bertz CT molecular complexity index is 495. The van der Waals surface area contributed by atoms with Crippen LogP contribution in [-0.2, 0) is 10.3 Å². The molecule has 3 nitrogen and oxygen atoms in total. The van der Waals surface area contributed by atoms with E-state index in [2.05, 4.69) is 5.32 Å². The predicted octanol–water partition coefficient (Wildman–Crippen LogP) is 0.939. The van der Waals surface area contributed by atoms with Crippen LogP contribution in [0.3, 0.4) is 0 Å². The van der Waals surface area contributed by atoms with Gasteiger partial charge in [0.05, 0.1) is 11.4 Å². The molecule has 0 saturated carbocycles.